The first-order valence-corrected chi connectivity index (χ1v) is 6.55. The molecule has 4 nitrogen and oxygen atoms in total. The first kappa shape index (κ1) is 12.6. The summed E-state index contributed by atoms with van der Waals surface area (Å²) in [4.78, 5) is 13.7. The molecule has 2 N–H and O–H groups in total. The zero-order chi connectivity index (χ0) is 12.5. The molecule has 0 aliphatic carbocycles. The van der Waals surface area contributed by atoms with Crippen LogP contribution in [0.1, 0.15) is 25.5 Å². The molecule has 1 aliphatic heterocycles. The molecule has 1 saturated heterocycles. The van der Waals surface area contributed by atoms with E-state index in [1.165, 1.54) is 0 Å². The number of halogens is 1. The number of hydrogen-bond donors (Lipinski definition) is 1. The maximum Gasteiger partial charge on any atom is 0.224 e. The van der Waals surface area contributed by atoms with Gasteiger partial charge in [0.2, 0.25) is 5.91 Å². The molecule has 0 radical (unpaired) electrons. The predicted molar refractivity (Wildman–Crippen MR) is 68.2 cm³/mol. The molecule has 1 aliphatic rings. The van der Waals surface area contributed by atoms with E-state index in [1.54, 1.807) is 0 Å². The summed E-state index contributed by atoms with van der Waals surface area (Å²) in [7, 11) is 0. The van der Waals surface area contributed by atoms with Gasteiger partial charge >= 0.3 is 0 Å². The molecule has 0 aromatic carbocycles. The minimum absolute atomic E-state index is 0.206. The first-order valence-electron chi connectivity index (χ1n) is 5.76. The van der Waals surface area contributed by atoms with Crippen molar-refractivity contribution in [3.05, 3.63) is 22.6 Å². The van der Waals surface area contributed by atoms with Crippen molar-refractivity contribution in [1.82, 2.24) is 4.90 Å². The van der Waals surface area contributed by atoms with Crippen molar-refractivity contribution in [1.29, 1.82) is 0 Å². The van der Waals surface area contributed by atoms with E-state index < -0.39 is 5.41 Å². The van der Waals surface area contributed by atoms with Crippen molar-refractivity contribution in [3.8, 4) is 0 Å². The Balaban J connectivity index is 2.00. The number of nitrogens with two attached hydrogens (primary N) is 1. The summed E-state index contributed by atoms with van der Waals surface area (Å²) < 4.78 is 6.21. The standard InChI is InChI=1S/C12H17BrN2O2/c1-12(11(14)16)5-2-6-15(8-12)7-9-3-4-10(13)17-9/h3-4H,2,5-8H2,1H3,(H2,14,16). The van der Waals surface area contributed by atoms with E-state index in [2.05, 4.69) is 20.8 Å². The summed E-state index contributed by atoms with van der Waals surface area (Å²) in [6, 6.07) is 3.83. The van der Waals surface area contributed by atoms with Crippen LogP contribution < -0.4 is 5.73 Å². The lowest BCUT2D eigenvalue weighted by Crippen LogP contribution is -2.48. The van der Waals surface area contributed by atoms with Crippen molar-refractivity contribution in [2.24, 2.45) is 11.1 Å². The van der Waals surface area contributed by atoms with Gasteiger partial charge in [-0.05, 0) is 54.4 Å². The number of amides is 1. The topological polar surface area (TPSA) is 59.5 Å². The third kappa shape index (κ3) is 2.90. The van der Waals surface area contributed by atoms with Crippen LogP contribution in [0.25, 0.3) is 0 Å². The monoisotopic (exact) mass is 300 g/mol. The quantitative estimate of drug-likeness (QED) is 0.930. The maximum atomic E-state index is 11.4. The van der Waals surface area contributed by atoms with Crippen molar-refractivity contribution in [2.45, 2.75) is 26.3 Å². The normalized spacial score (nSPS) is 26.0. The molecule has 1 aromatic heterocycles. The second-order valence-electron chi connectivity index (χ2n) is 4.94. The van der Waals surface area contributed by atoms with Gasteiger partial charge in [0.1, 0.15) is 5.76 Å². The van der Waals surface area contributed by atoms with Gasteiger partial charge < -0.3 is 10.2 Å². The van der Waals surface area contributed by atoms with E-state index in [0.29, 0.717) is 6.54 Å². The van der Waals surface area contributed by atoms with Crippen LogP contribution in [0.15, 0.2) is 21.2 Å². The van der Waals surface area contributed by atoms with Crippen LogP contribution in [-0.4, -0.2) is 23.9 Å². The number of carbonyl (C=O) groups is 1. The Hall–Kier alpha value is -0.810. The molecule has 0 saturated carbocycles. The average molecular weight is 301 g/mol. The van der Waals surface area contributed by atoms with Gasteiger partial charge in [-0.25, -0.2) is 0 Å². The highest BCUT2D eigenvalue weighted by Gasteiger charge is 2.36. The minimum Gasteiger partial charge on any atom is -0.453 e. The van der Waals surface area contributed by atoms with Gasteiger partial charge in [-0.1, -0.05) is 0 Å². The third-order valence-corrected chi connectivity index (χ3v) is 3.80. The Morgan fingerprint density at radius 1 is 1.65 bits per heavy atom. The Kier molecular flexibility index (Phi) is 3.58. The number of piperidine rings is 1. The van der Waals surface area contributed by atoms with Gasteiger partial charge in [0, 0.05) is 6.54 Å². The first-order chi connectivity index (χ1) is 7.99. The molecule has 1 aromatic rings. The van der Waals surface area contributed by atoms with E-state index in [1.807, 2.05) is 19.1 Å². The summed E-state index contributed by atoms with van der Waals surface area (Å²) >= 11 is 3.28. The zero-order valence-electron chi connectivity index (χ0n) is 9.91. The summed E-state index contributed by atoms with van der Waals surface area (Å²) in [5, 5.41) is 0. The van der Waals surface area contributed by atoms with E-state index in [9.17, 15) is 4.79 Å². The molecule has 1 amide bonds. The molecular weight excluding hydrogens is 284 g/mol. The van der Waals surface area contributed by atoms with Crippen LogP contribution in [0, 0.1) is 5.41 Å². The fourth-order valence-electron chi connectivity index (χ4n) is 2.34. The van der Waals surface area contributed by atoms with Crippen LogP contribution >= 0.6 is 15.9 Å². The Labute approximate surface area is 109 Å². The Morgan fingerprint density at radius 2 is 2.41 bits per heavy atom. The van der Waals surface area contributed by atoms with Crippen LogP contribution in [0.2, 0.25) is 0 Å². The van der Waals surface area contributed by atoms with Gasteiger partial charge in [-0.3, -0.25) is 9.69 Å². The van der Waals surface area contributed by atoms with Crippen LogP contribution in [-0.2, 0) is 11.3 Å². The Morgan fingerprint density at radius 3 is 3.00 bits per heavy atom. The number of likely N-dealkylation sites (tertiary alicyclic amines) is 1. The number of rotatable bonds is 3. The molecule has 0 bridgehead atoms. The predicted octanol–water partition coefficient (Wildman–Crippen LogP) is 2.13. The van der Waals surface area contributed by atoms with Crippen LogP contribution in [0.4, 0.5) is 0 Å². The highest BCUT2D eigenvalue weighted by atomic mass is 79.9. The smallest absolute Gasteiger partial charge is 0.224 e. The molecule has 5 heteroatoms. The third-order valence-electron chi connectivity index (χ3n) is 3.38. The van der Waals surface area contributed by atoms with E-state index in [4.69, 9.17) is 10.2 Å². The van der Waals surface area contributed by atoms with E-state index >= 15 is 0 Å². The summed E-state index contributed by atoms with van der Waals surface area (Å²) in [5.74, 6) is 0.702. The second-order valence-corrected chi connectivity index (χ2v) is 5.73. The van der Waals surface area contributed by atoms with Gasteiger partial charge in [0.05, 0.1) is 12.0 Å². The largest absolute Gasteiger partial charge is 0.453 e. The fraction of sp³-hybridized carbons (Fsp3) is 0.583. The summed E-state index contributed by atoms with van der Waals surface area (Å²) in [6.45, 7) is 4.37. The molecular formula is C12H17BrN2O2. The van der Waals surface area contributed by atoms with Crippen LogP contribution in [0.5, 0.6) is 0 Å². The van der Waals surface area contributed by atoms with Crippen molar-refractivity contribution < 1.29 is 9.21 Å². The van der Waals surface area contributed by atoms with Gasteiger partial charge in [0.25, 0.3) is 0 Å². The molecule has 2 rings (SSSR count). The van der Waals surface area contributed by atoms with E-state index in [-0.39, 0.29) is 5.91 Å². The summed E-state index contributed by atoms with van der Waals surface area (Å²) in [5.41, 5.74) is 5.06. The molecule has 1 unspecified atom stereocenters. The minimum atomic E-state index is -0.401. The van der Waals surface area contributed by atoms with Crippen LogP contribution in [0.3, 0.4) is 0 Å². The maximum absolute atomic E-state index is 11.4. The average Bonchev–Trinajstić information content (AvgIpc) is 2.64. The fourth-order valence-corrected chi connectivity index (χ4v) is 2.68. The lowest BCUT2D eigenvalue weighted by atomic mass is 9.81. The number of primary amides is 1. The molecule has 1 atom stereocenters. The lowest BCUT2D eigenvalue weighted by Gasteiger charge is -2.37. The SMILES string of the molecule is CC1(C(N)=O)CCCN(Cc2ccc(Br)o2)C1. The lowest BCUT2D eigenvalue weighted by molar-refractivity contribution is -0.130. The van der Waals surface area contributed by atoms with Crippen molar-refractivity contribution >= 4 is 21.8 Å². The molecule has 1 fully saturated rings. The van der Waals surface area contributed by atoms with Gasteiger partial charge in [0.15, 0.2) is 4.67 Å². The molecule has 0 spiro atoms. The number of carbonyl (C=O) groups excluding carboxylic acids is 1. The number of hydrogen-bond acceptors (Lipinski definition) is 3. The molecule has 94 valence electrons. The van der Waals surface area contributed by atoms with Crippen molar-refractivity contribution in [2.75, 3.05) is 13.1 Å². The number of nitrogens with zero attached hydrogens (tertiary/aromatic N) is 1. The van der Waals surface area contributed by atoms with Crippen molar-refractivity contribution in [3.63, 3.8) is 0 Å². The molecule has 2 heterocycles. The Bertz CT molecular complexity index is 418. The van der Waals surface area contributed by atoms with E-state index in [0.717, 1.165) is 36.4 Å². The highest BCUT2D eigenvalue weighted by Crippen LogP contribution is 2.30. The second kappa shape index (κ2) is 4.82. The number of furan rings is 1. The van der Waals surface area contributed by atoms with Gasteiger partial charge in [-0.2, -0.15) is 0 Å². The molecule has 17 heavy (non-hydrogen) atoms. The zero-order valence-corrected chi connectivity index (χ0v) is 11.5. The summed E-state index contributed by atoms with van der Waals surface area (Å²) in [6.07, 6.45) is 1.88. The van der Waals surface area contributed by atoms with Gasteiger partial charge in [-0.15, -0.1) is 0 Å². The highest BCUT2D eigenvalue weighted by molar-refractivity contribution is 9.10.